The van der Waals surface area contributed by atoms with Crippen molar-refractivity contribution in [2.24, 2.45) is 0 Å². The summed E-state index contributed by atoms with van der Waals surface area (Å²) in [6.45, 7) is 5.49. The molecule has 2 fully saturated rings. The second-order valence-corrected chi connectivity index (χ2v) is 8.94. The van der Waals surface area contributed by atoms with Gasteiger partial charge < -0.3 is 28.4 Å². The second kappa shape index (κ2) is 11.3. The highest BCUT2D eigenvalue weighted by atomic mass is 19.1. The van der Waals surface area contributed by atoms with E-state index in [1.54, 1.807) is 26.0 Å². The fourth-order valence-corrected chi connectivity index (χ4v) is 3.81. The van der Waals surface area contributed by atoms with Crippen LogP contribution in [0.15, 0.2) is 24.3 Å². The first-order chi connectivity index (χ1) is 16.4. The molecule has 0 spiro atoms. The van der Waals surface area contributed by atoms with Crippen molar-refractivity contribution < 1.29 is 52.0 Å². The van der Waals surface area contributed by atoms with Crippen LogP contribution >= 0.6 is 0 Å². The summed E-state index contributed by atoms with van der Waals surface area (Å²) in [4.78, 5) is 46.8. The molecule has 1 aromatic rings. The lowest BCUT2D eigenvalue weighted by Crippen LogP contribution is -2.46. The molecule has 0 N–H and O–H groups in total. The molecular weight excluding hydrogens is 467 g/mol. The van der Waals surface area contributed by atoms with Gasteiger partial charge in [-0.15, -0.1) is 0 Å². The molecule has 3 rings (SSSR count). The van der Waals surface area contributed by atoms with Crippen molar-refractivity contribution in [3.63, 3.8) is 0 Å². The minimum Gasteiger partial charge on any atom is -0.461 e. The first-order valence-electron chi connectivity index (χ1n) is 11.1. The molecule has 0 aliphatic carbocycles. The van der Waals surface area contributed by atoms with Gasteiger partial charge in [-0.3, -0.25) is 19.2 Å². The van der Waals surface area contributed by atoms with Crippen molar-refractivity contribution in [1.82, 2.24) is 0 Å². The van der Waals surface area contributed by atoms with E-state index >= 15 is 0 Å². The van der Waals surface area contributed by atoms with Crippen LogP contribution in [0.4, 0.5) is 4.39 Å². The maximum absolute atomic E-state index is 13.3. The van der Waals surface area contributed by atoms with Gasteiger partial charge in [0, 0.05) is 0 Å². The maximum atomic E-state index is 13.3. The molecule has 2 aliphatic heterocycles. The number of benzene rings is 1. The minimum atomic E-state index is -1.18. The Bertz CT molecular complexity index is 944. The van der Waals surface area contributed by atoms with E-state index in [1.165, 1.54) is 26.0 Å². The third kappa shape index (κ3) is 7.63. The third-order valence-electron chi connectivity index (χ3n) is 5.23. The Balaban J connectivity index is 1.79. The number of fused-ring (bicyclic) bond motifs is 1. The van der Waals surface area contributed by atoms with Crippen LogP contribution in [0.3, 0.4) is 0 Å². The van der Waals surface area contributed by atoms with E-state index in [-0.39, 0.29) is 6.61 Å². The number of rotatable bonds is 11. The van der Waals surface area contributed by atoms with E-state index in [2.05, 4.69) is 0 Å². The van der Waals surface area contributed by atoms with Crippen LogP contribution in [0.5, 0.6) is 0 Å². The summed E-state index contributed by atoms with van der Waals surface area (Å²) >= 11 is 0. The molecule has 2 saturated heterocycles. The SMILES string of the molecule is CC(=O)CC(=O)OC[C@@H](OC(=O)CC(C)=O)[C@H]1O[C@@H]2OC(C)(C)O[C@@H]2[C@H]1OCc1ccc(F)cc1. The summed E-state index contributed by atoms with van der Waals surface area (Å²) in [6.07, 6.45) is -5.53. The average molecular weight is 496 g/mol. The highest BCUT2D eigenvalue weighted by molar-refractivity contribution is 5.94. The van der Waals surface area contributed by atoms with E-state index < -0.39 is 85.3 Å². The number of hydrogen-bond donors (Lipinski definition) is 0. The fourth-order valence-electron chi connectivity index (χ4n) is 3.81. The Kier molecular flexibility index (Phi) is 8.70. The number of Topliss-reactive ketones (excluding diaryl/α,β-unsaturated/α-hetero) is 2. The Morgan fingerprint density at radius 1 is 1.00 bits per heavy atom. The predicted molar refractivity (Wildman–Crippen MR) is 115 cm³/mol. The van der Waals surface area contributed by atoms with Crippen LogP contribution < -0.4 is 0 Å². The third-order valence-corrected chi connectivity index (χ3v) is 5.23. The molecule has 35 heavy (non-hydrogen) atoms. The summed E-state index contributed by atoms with van der Waals surface area (Å²) in [5.41, 5.74) is 0.671. The molecule has 5 atom stereocenters. The van der Waals surface area contributed by atoms with Crippen molar-refractivity contribution in [3.8, 4) is 0 Å². The number of ether oxygens (including phenoxy) is 6. The Hall–Kier alpha value is -2.73. The van der Waals surface area contributed by atoms with Gasteiger partial charge in [0.2, 0.25) is 0 Å². The van der Waals surface area contributed by atoms with Crippen molar-refractivity contribution in [3.05, 3.63) is 35.6 Å². The average Bonchev–Trinajstić information content (AvgIpc) is 3.21. The standard InChI is InChI=1S/C24H29FO10/c1-13(26)9-18(28)30-12-17(32-19(29)10-14(2)27)20-21(22-23(33-20)35-24(3,4)34-22)31-11-15-5-7-16(25)8-6-15/h5-8,17,20-23H,9-12H2,1-4H3/t17-,20-,21+,22-,23-/m1/s1. The van der Waals surface area contributed by atoms with Crippen LogP contribution in [-0.2, 0) is 54.2 Å². The number of ketones is 2. The Morgan fingerprint density at radius 2 is 1.63 bits per heavy atom. The molecule has 11 heteroatoms. The first-order valence-corrected chi connectivity index (χ1v) is 11.1. The number of hydrogen-bond acceptors (Lipinski definition) is 10. The van der Waals surface area contributed by atoms with Gasteiger partial charge >= 0.3 is 11.9 Å². The van der Waals surface area contributed by atoms with Crippen molar-refractivity contribution in [1.29, 1.82) is 0 Å². The molecule has 0 aromatic heterocycles. The number of halogens is 1. The Morgan fingerprint density at radius 3 is 2.26 bits per heavy atom. The molecule has 0 amide bonds. The summed E-state index contributed by atoms with van der Waals surface area (Å²) in [6, 6.07) is 5.70. The van der Waals surface area contributed by atoms with E-state index in [1.807, 2.05) is 0 Å². The summed E-state index contributed by atoms with van der Waals surface area (Å²) < 4.78 is 47.6. The maximum Gasteiger partial charge on any atom is 0.313 e. The van der Waals surface area contributed by atoms with Crippen molar-refractivity contribution in [2.45, 2.75) is 83.6 Å². The Labute approximate surface area is 201 Å². The quantitative estimate of drug-likeness (QED) is 0.332. The van der Waals surface area contributed by atoms with E-state index in [4.69, 9.17) is 28.4 Å². The zero-order valence-corrected chi connectivity index (χ0v) is 20.0. The van der Waals surface area contributed by atoms with Crippen LogP contribution in [0, 0.1) is 5.82 Å². The van der Waals surface area contributed by atoms with Crippen LogP contribution in [0.25, 0.3) is 0 Å². The second-order valence-electron chi connectivity index (χ2n) is 8.94. The van der Waals surface area contributed by atoms with Gasteiger partial charge in [0.15, 0.2) is 18.2 Å². The van der Waals surface area contributed by atoms with Crippen LogP contribution in [0.2, 0.25) is 0 Å². The zero-order valence-electron chi connectivity index (χ0n) is 20.0. The van der Waals surface area contributed by atoms with E-state index in [0.29, 0.717) is 5.56 Å². The highest BCUT2D eigenvalue weighted by Crippen LogP contribution is 2.40. The molecule has 2 aliphatic rings. The van der Waals surface area contributed by atoms with Crippen molar-refractivity contribution >= 4 is 23.5 Å². The van der Waals surface area contributed by atoms with Gasteiger partial charge in [0.05, 0.1) is 6.61 Å². The predicted octanol–water partition coefficient (Wildman–Crippen LogP) is 2.00. The largest absolute Gasteiger partial charge is 0.461 e. The van der Waals surface area contributed by atoms with Gasteiger partial charge in [-0.25, -0.2) is 4.39 Å². The van der Waals surface area contributed by atoms with Gasteiger partial charge in [0.1, 0.15) is 55.1 Å². The lowest BCUT2D eigenvalue weighted by molar-refractivity contribution is -0.236. The first kappa shape index (κ1) is 26.9. The highest BCUT2D eigenvalue weighted by Gasteiger charge is 2.58. The van der Waals surface area contributed by atoms with E-state index in [9.17, 15) is 23.6 Å². The summed E-state index contributed by atoms with van der Waals surface area (Å²) in [5.74, 6) is -3.81. The van der Waals surface area contributed by atoms with Gasteiger partial charge in [-0.2, -0.15) is 0 Å². The number of carbonyl (C=O) groups is 4. The molecule has 1 aromatic carbocycles. The van der Waals surface area contributed by atoms with Crippen molar-refractivity contribution in [2.75, 3.05) is 6.61 Å². The van der Waals surface area contributed by atoms with Gasteiger partial charge in [0.25, 0.3) is 0 Å². The summed E-state index contributed by atoms with van der Waals surface area (Å²) in [7, 11) is 0. The molecular formula is C24H29FO10. The number of carbonyl (C=O) groups excluding carboxylic acids is 4. The van der Waals surface area contributed by atoms with Gasteiger partial charge in [-0.1, -0.05) is 12.1 Å². The topological polar surface area (TPSA) is 124 Å². The molecule has 10 nitrogen and oxygen atoms in total. The lowest BCUT2D eigenvalue weighted by atomic mass is 10.1. The molecule has 0 radical (unpaired) electrons. The zero-order chi connectivity index (χ0) is 25.8. The molecule has 0 bridgehead atoms. The molecule has 192 valence electrons. The van der Waals surface area contributed by atoms with E-state index in [0.717, 1.165) is 0 Å². The van der Waals surface area contributed by atoms with Gasteiger partial charge in [-0.05, 0) is 45.4 Å². The molecule has 2 heterocycles. The minimum absolute atomic E-state index is 0.0516. The fraction of sp³-hybridized carbons (Fsp3) is 0.583. The normalized spacial score (nSPS) is 25.5. The lowest BCUT2D eigenvalue weighted by Gasteiger charge is -2.30. The molecule has 0 saturated carbocycles. The number of esters is 2. The monoisotopic (exact) mass is 496 g/mol. The smallest absolute Gasteiger partial charge is 0.313 e. The summed E-state index contributed by atoms with van der Waals surface area (Å²) in [5, 5.41) is 0. The van der Waals surface area contributed by atoms with Crippen LogP contribution in [-0.4, -0.2) is 66.6 Å². The molecule has 0 unspecified atom stereocenters. The van der Waals surface area contributed by atoms with Crippen LogP contribution in [0.1, 0.15) is 46.1 Å².